The first-order valence-electron chi connectivity index (χ1n) is 21.2. The van der Waals surface area contributed by atoms with E-state index in [0.717, 1.165) is 13.7 Å². The van der Waals surface area contributed by atoms with Crippen LogP contribution in [0, 0.1) is 0 Å². The molecule has 0 N–H and O–H groups in total. The average molecular weight is 1290 g/mol. The predicted molar refractivity (Wildman–Crippen MR) is 259 cm³/mol. The highest BCUT2D eigenvalue weighted by atomic mass is 19.3. The van der Waals surface area contributed by atoms with E-state index in [1.807, 2.05) is 0 Å². The van der Waals surface area contributed by atoms with Gasteiger partial charge in [0.05, 0.1) is 50.5 Å². The van der Waals surface area contributed by atoms with Crippen molar-refractivity contribution in [2.75, 3.05) is 0 Å². The smallest absolute Gasteiger partial charge is 0.247 e. The first-order chi connectivity index (χ1) is 40.1. The number of nitrogens with zero attached hydrogens (tertiary/aromatic N) is 12. The lowest BCUT2D eigenvalue weighted by Crippen LogP contribution is -2.54. The number of hydrogen-bond acceptors (Lipinski definition) is 12. The third kappa shape index (κ3) is 18.0. The summed E-state index contributed by atoms with van der Waals surface area (Å²) in [5.74, 6) is -9.40. The summed E-state index contributed by atoms with van der Waals surface area (Å²) in [6.07, 6.45) is -23.3. The molecule has 4 rings (SSSR count). The third-order valence-electron chi connectivity index (χ3n) is 9.20. The Morgan fingerprint density at radius 1 is 0.310 bits per heavy atom. The first-order valence-corrected chi connectivity index (χ1v) is 21.2. The van der Waals surface area contributed by atoms with Crippen LogP contribution in [0.2, 0.25) is 0 Å². The molecular formula is C42H27F21N12O12. The maximum absolute atomic E-state index is 13.1. The quantitative estimate of drug-likeness (QED) is 0.103. The fourth-order valence-electron chi connectivity index (χ4n) is 5.69. The van der Waals surface area contributed by atoms with Crippen LogP contribution < -0.4 is 68.3 Å². The Morgan fingerprint density at radius 3 is 0.747 bits per heavy atom. The van der Waals surface area contributed by atoms with Crippen LogP contribution in [-0.2, 0) is 26.2 Å². The van der Waals surface area contributed by atoms with Crippen LogP contribution in [0.15, 0.2) is 156 Å². The highest BCUT2D eigenvalue weighted by Crippen LogP contribution is 2.16. The third-order valence-corrected chi connectivity index (χ3v) is 9.20. The minimum atomic E-state index is -3.46. The Bertz CT molecular complexity index is 4070. The van der Waals surface area contributed by atoms with Gasteiger partial charge in [-0.1, -0.05) is 18.7 Å². The summed E-state index contributed by atoms with van der Waals surface area (Å²) in [6.45, 7) is 10.7. The largest absolute Gasteiger partial charge is 0.349 e. The molecule has 4 heterocycles. The lowest BCUT2D eigenvalue weighted by atomic mass is 10.5. The maximum atomic E-state index is 13.1. The van der Waals surface area contributed by atoms with Crippen LogP contribution in [0.25, 0.3) is 47.8 Å². The minimum Gasteiger partial charge on any atom is -0.247 e. The molecule has 45 heteroatoms. The molecule has 24 nitrogen and oxygen atoms in total. The van der Waals surface area contributed by atoms with Gasteiger partial charge in [-0.25, -0.2) is 98.6 Å². The molecule has 0 bridgehead atoms. The predicted octanol–water partition coefficient (Wildman–Crippen LogP) is 5.26. The Labute approximate surface area is 459 Å². The standard InChI is InChI=1S/C12H9F6N3O3.C12H15N3O3.C9F9N3O3.C9H3F6N3O3/c1-6(9(17)18)21-11(23)19(4-2-7(13)14)10(22)20(12(21)24)5-3-8(15)16;1-5-7-13-10(16)14(8-6-2)12(18)15(9(3)4)11(13)17;10-1(11)4(16)19-7(22)20(5(17)2(12)13)9(24)21(8(19)23)6(18)3(14)15;10-4(11)1-16-7(19)17(2-5(12)13)9(21)18(8(16)20)3-6(14)15/h2-3H,4-5H2,1H3;5-6H,1-3,7-8H2,4H3;;1-3H. The van der Waals surface area contributed by atoms with Crippen molar-refractivity contribution in [2.45, 2.75) is 40.0 Å². The van der Waals surface area contributed by atoms with E-state index in [2.05, 4.69) is 19.7 Å². The van der Waals surface area contributed by atoms with Crippen molar-refractivity contribution in [3.63, 3.8) is 0 Å². The van der Waals surface area contributed by atoms with E-state index in [0.29, 0.717) is 6.92 Å². The summed E-state index contributed by atoms with van der Waals surface area (Å²) in [7, 11) is 0. The fourth-order valence-corrected chi connectivity index (χ4v) is 5.69. The number of halogens is 21. The molecule has 0 aliphatic heterocycles. The molecule has 0 aliphatic carbocycles. The van der Waals surface area contributed by atoms with Gasteiger partial charge in [-0.15, -0.1) is 13.2 Å². The summed E-state index contributed by atoms with van der Waals surface area (Å²) < 4.78 is 256. The zero-order valence-electron chi connectivity index (χ0n) is 42.2. The van der Waals surface area contributed by atoms with Gasteiger partial charge in [-0.05, 0) is 13.8 Å². The highest BCUT2D eigenvalue weighted by molar-refractivity contribution is 5.43. The Morgan fingerprint density at radius 2 is 0.552 bits per heavy atom. The zero-order valence-corrected chi connectivity index (χ0v) is 42.2. The molecule has 0 fully saturated rings. The summed E-state index contributed by atoms with van der Waals surface area (Å²) in [5.41, 5.74) is -21.6. The first kappa shape index (κ1) is 74.1. The Kier molecular flexibility index (Phi) is 26.9. The maximum Gasteiger partial charge on any atom is 0.349 e. The molecule has 0 aliphatic rings. The summed E-state index contributed by atoms with van der Waals surface area (Å²) in [6, 6.07) is 0. The fraction of sp³-hybridized carbons (Fsp3) is 0.143. The van der Waals surface area contributed by atoms with Crippen LogP contribution in [0.4, 0.5) is 92.2 Å². The highest BCUT2D eigenvalue weighted by Gasteiger charge is 2.28. The molecule has 87 heavy (non-hydrogen) atoms. The van der Waals surface area contributed by atoms with Crippen LogP contribution >= 0.6 is 0 Å². The molecule has 0 unspecified atom stereocenters. The molecule has 0 saturated carbocycles. The van der Waals surface area contributed by atoms with Crippen molar-refractivity contribution in [3.8, 4) is 0 Å². The van der Waals surface area contributed by atoms with Gasteiger partial charge in [-0.3, -0.25) is 0 Å². The number of allylic oxidation sites excluding steroid dienone is 6. The van der Waals surface area contributed by atoms with Crippen LogP contribution in [0.5, 0.6) is 0 Å². The topological polar surface area (TPSA) is 264 Å². The van der Waals surface area contributed by atoms with Crippen LogP contribution in [-0.4, -0.2) is 54.8 Å². The van der Waals surface area contributed by atoms with Crippen molar-refractivity contribution >= 4 is 47.8 Å². The molecule has 474 valence electrons. The van der Waals surface area contributed by atoms with E-state index in [-0.39, 0.29) is 44.6 Å². The van der Waals surface area contributed by atoms with Gasteiger partial charge < -0.3 is 0 Å². The SMILES string of the molecule is C=CCn1c(=O)n(CC=C)c(=O)n(C(=C)C)c1=O.CC(=C(F)F)n1c(=O)n(CC=C(F)F)c(=O)n(CC=C(F)F)c1=O.O=c1n(C(F)=C(F)F)c(=O)n(C(F)=C(F)F)c(=O)n1C(F)=C(F)F.O=c1n(C=C(F)F)c(=O)n(C=C(F)F)c(=O)n1C=C(F)F. The second-order valence-electron chi connectivity index (χ2n) is 14.7. The minimum absolute atomic E-state index is 0.0301. The number of aromatic nitrogens is 12. The molecule has 0 saturated heterocycles. The molecule has 4 aromatic rings. The van der Waals surface area contributed by atoms with E-state index < -0.39 is 206 Å². The second-order valence-corrected chi connectivity index (χ2v) is 14.7. The van der Waals surface area contributed by atoms with Crippen molar-refractivity contribution in [1.82, 2.24) is 54.8 Å². The van der Waals surface area contributed by atoms with Crippen LogP contribution in [0.3, 0.4) is 0 Å². The van der Waals surface area contributed by atoms with E-state index in [9.17, 15) is 150 Å². The van der Waals surface area contributed by atoms with Crippen molar-refractivity contribution in [1.29, 1.82) is 0 Å². The Hall–Kier alpha value is -11.0. The average Bonchev–Trinajstić information content (AvgIpc) is 0.920. The number of rotatable bonds is 16. The van der Waals surface area contributed by atoms with E-state index in [4.69, 9.17) is 0 Å². The normalized spacial score (nSPS) is 10.2. The van der Waals surface area contributed by atoms with Crippen molar-refractivity contribution < 1.29 is 92.2 Å². The van der Waals surface area contributed by atoms with Gasteiger partial charge in [0, 0.05) is 17.8 Å². The lowest BCUT2D eigenvalue weighted by Gasteiger charge is -2.11. The van der Waals surface area contributed by atoms with Gasteiger partial charge in [0.25, 0.3) is 54.3 Å². The molecule has 0 amide bonds. The van der Waals surface area contributed by atoms with Gasteiger partial charge in [0.2, 0.25) is 0 Å². The molecule has 0 radical (unpaired) electrons. The molecule has 4 aromatic heterocycles. The molecule has 0 atom stereocenters. The van der Waals surface area contributed by atoms with Crippen molar-refractivity contribution in [2.24, 2.45) is 0 Å². The summed E-state index contributed by atoms with van der Waals surface area (Å²) in [4.78, 5) is 140. The van der Waals surface area contributed by atoms with Crippen molar-refractivity contribution in [3.05, 3.63) is 225 Å². The summed E-state index contributed by atoms with van der Waals surface area (Å²) >= 11 is 0. The molecular weight excluding hydrogens is 1260 g/mol. The second kappa shape index (κ2) is 31.6. The van der Waals surface area contributed by atoms with E-state index >= 15 is 0 Å². The van der Waals surface area contributed by atoms with Gasteiger partial charge in [0.15, 0.2) is 0 Å². The number of hydrogen-bond donors (Lipinski definition) is 0. The van der Waals surface area contributed by atoms with E-state index in [1.165, 1.54) is 19.1 Å². The lowest BCUT2D eigenvalue weighted by molar-refractivity contribution is 0.380. The van der Waals surface area contributed by atoms with E-state index in [1.54, 1.807) is 0 Å². The van der Waals surface area contributed by atoms with Gasteiger partial charge in [-0.2, -0.15) is 106 Å². The monoisotopic (exact) mass is 1290 g/mol. The summed E-state index contributed by atoms with van der Waals surface area (Å²) in [5, 5.41) is 0. The Balaban J connectivity index is 0.000000583. The zero-order chi connectivity index (χ0) is 67.7. The van der Waals surface area contributed by atoms with Gasteiger partial charge >= 0.3 is 86.5 Å². The van der Waals surface area contributed by atoms with Gasteiger partial charge in [0.1, 0.15) is 0 Å². The van der Waals surface area contributed by atoms with Crippen LogP contribution in [0.1, 0.15) is 13.8 Å². The molecule has 0 spiro atoms. The molecule has 0 aromatic carbocycles.